The Morgan fingerprint density at radius 3 is 2.45 bits per heavy atom. The van der Waals surface area contributed by atoms with E-state index in [-0.39, 0.29) is 22.3 Å². The van der Waals surface area contributed by atoms with Crippen molar-refractivity contribution in [2.75, 3.05) is 23.4 Å². The van der Waals surface area contributed by atoms with Crippen LogP contribution in [0.5, 0.6) is 0 Å². The molecule has 1 fully saturated rings. The van der Waals surface area contributed by atoms with Crippen LogP contribution in [0.4, 0.5) is 11.6 Å². The Bertz CT molecular complexity index is 945. The van der Waals surface area contributed by atoms with E-state index in [4.69, 9.17) is 15.9 Å². The van der Waals surface area contributed by atoms with Crippen LogP contribution in [0.2, 0.25) is 0 Å². The topological polar surface area (TPSA) is 104 Å². The van der Waals surface area contributed by atoms with Crippen molar-refractivity contribution in [2.45, 2.75) is 54.0 Å². The lowest BCUT2D eigenvalue weighted by molar-refractivity contribution is 0.100. The number of carbonyl (C=O) groups is 1. The normalized spacial score (nSPS) is 21.1. The third-order valence-electron chi connectivity index (χ3n) is 7.29. The van der Waals surface area contributed by atoms with E-state index in [9.17, 15) is 4.79 Å². The summed E-state index contributed by atoms with van der Waals surface area (Å²) in [5, 5.41) is 11.1. The number of aromatic nitrogens is 1. The molecule has 1 saturated carbocycles. The number of pyridine rings is 1. The van der Waals surface area contributed by atoms with Crippen LogP contribution in [0.1, 0.15) is 58.8 Å². The molecule has 2 heterocycles. The number of primary amides is 1. The van der Waals surface area contributed by atoms with Crippen LogP contribution in [0, 0.1) is 22.2 Å². The average Bonchev–Trinajstić information content (AvgIpc) is 2.88. The van der Waals surface area contributed by atoms with E-state index in [1.165, 1.54) is 5.57 Å². The zero-order chi connectivity index (χ0) is 23.2. The van der Waals surface area contributed by atoms with Gasteiger partial charge in [-0.2, -0.15) is 0 Å². The third-order valence-corrected chi connectivity index (χ3v) is 7.29. The zero-order valence-electron chi connectivity index (χ0n) is 19.7. The van der Waals surface area contributed by atoms with E-state index < -0.39 is 5.91 Å². The van der Waals surface area contributed by atoms with Crippen LogP contribution in [0.15, 0.2) is 36.1 Å². The van der Waals surface area contributed by atoms with Gasteiger partial charge in [-0.1, -0.05) is 39.3 Å². The minimum absolute atomic E-state index is 0.0977. The zero-order valence-corrected chi connectivity index (χ0v) is 19.7. The lowest BCUT2D eigenvalue weighted by Crippen LogP contribution is -2.40. The highest BCUT2D eigenvalue weighted by molar-refractivity contribution is 5.98. The first-order valence-corrected chi connectivity index (χ1v) is 10.7. The van der Waals surface area contributed by atoms with Gasteiger partial charge in [0, 0.05) is 24.7 Å². The monoisotopic (exact) mass is 425 g/mol. The molecule has 0 aromatic carbocycles. The van der Waals surface area contributed by atoms with Crippen LogP contribution in [-0.4, -0.2) is 35.5 Å². The molecular formula is C24H35N5O2. The van der Waals surface area contributed by atoms with Gasteiger partial charge in [-0.25, -0.2) is 4.98 Å². The molecule has 0 unspecified atom stereocenters. The van der Waals surface area contributed by atoms with Crippen molar-refractivity contribution in [3.63, 3.8) is 0 Å². The number of carbonyl (C=O) groups excluding carboxylic acids is 1. The first kappa shape index (κ1) is 22.8. The fourth-order valence-electron chi connectivity index (χ4n) is 4.63. The number of rotatable bonds is 7. The molecule has 7 heteroatoms. The fraction of sp³-hybridized carbons (Fsp3) is 0.542. The van der Waals surface area contributed by atoms with E-state index in [0.29, 0.717) is 36.3 Å². The number of amides is 1. The van der Waals surface area contributed by atoms with Gasteiger partial charge in [0.1, 0.15) is 11.6 Å². The van der Waals surface area contributed by atoms with E-state index >= 15 is 0 Å². The molecule has 168 valence electrons. The van der Waals surface area contributed by atoms with Crippen molar-refractivity contribution in [2.24, 2.45) is 22.5 Å². The Kier molecular flexibility index (Phi) is 5.67. The summed E-state index contributed by atoms with van der Waals surface area (Å²) in [6.07, 6.45) is 5.36. The van der Waals surface area contributed by atoms with E-state index in [2.05, 4.69) is 69.7 Å². The third kappa shape index (κ3) is 4.31. The fourth-order valence-corrected chi connectivity index (χ4v) is 4.63. The van der Waals surface area contributed by atoms with Crippen molar-refractivity contribution in [3.05, 3.63) is 41.6 Å². The molecule has 7 nitrogen and oxygen atoms in total. The van der Waals surface area contributed by atoms with Crippen LogP contribution in [0.25, 0.3) is 0 Å². The van der Waals surface area contributed by atoms with Gasteiger partial charge in [0.2, 0.25) is 5.90 Å². The molecule has 1 aromatic heterocycles. The SMILES string of the molecule is CC1=CC(C)(C)N(c2nc(N/C=C\C(=N)OCC3C(C)(C)C3(C)C)ccc2C(N)=O)C1. The number of ether oxygens (including phenoxy) is 1. The molecule has 0 atom stereocenters. The van der Waals surface area contributed by atoms with E-state index in [0.717, 1.165) is 0 Å². The van der Waals surface area contributed by atoms with Crippen LogP contribution < -0.4 is 16.0 Å². The van der Waals surface area contributed by atoms with Gasteiger partial charge in [0.15, 0.2) is 0 Å². The quantitative estimate of drug-likeness (QED) is 0.343. The van der Waals surface area contributed by atoms with E-state index in [1.54, 1.807) is 24.4 Å². The molecule has 1 aliphatic heterocycles. The molecule has 0 saturated heterocycles. The second-order valence-corrected chi connectivity index (χ2v) is 10.3. The summed E-state index contributed by atoms with van der Waals surface area (Å²) in [4.78, 5) is 18.7. The molecular weight excluding hydrogens is 390 g/mol. The number of anilines is 2. The van der Waals surface area contributed by atoms with Gasteiger partial charge in [-0.05, 0) is 43.7 Å². The Morgan fingerprint density at radius 2 is 1.94 bits per heavy atom. The summed E-state index contributed by atoms with van der Waals surface area (Å²) in [5.74, 6) is 1.14. The molecule has 0 radical (unpaired) electrons. The minimum atomic E-state index is -0.508. The predicted octanol–water partition coefficient (Wildman–Crippen LogP) is 4.33. The average molecular weight is 426 g/mol. The van der Waals surface area contributed by atoms with Gasteiger partial charge in [0.25, 0.3) is 5.91 Å². The van der Waals surface area contributed by atoms with Gasteiger partial charge in [0.05, 0.1) is 17.7 Å². The largest absolute Gasteiger partial charge is 0.478 e. The smallest absolute Gasteiger partial charge is 0.252 e. The Morgan fingerprint density at radius 1 is 1.29 bits per heavy atom. The van der Waals surface area contributed by atoms with Crippen molar-refractivity contribution in [1.82, 2.24) is 4.98 Å². The lowest BCUT2D eigenvalue weighted by Gasteiger charge is -2.33. The summed E-state index contributed by atoms with van der Waals surface area (Å²) in [6, 6.07) is 3.39. The first-order chi connectivity index (χ1) is 14.3. The number of nitrogens with zero attached hydrogens (tertiary/aromatic N) is 2. The van der Waals surface area contributed by atoms with Crippen molar-refractivity contribution in [1.29, 1.82) is 5.41 Å². The summed E-state index contributed by atoms with van der Waals surface area (Å²) in [7, 11) is 0. The second-order valence-electron chi connectivity index (χ2n) is 10.3. The Balaban J connectivity index is 1.66. The molecule has 3 rings (SSSR count). The maximum absolute atomic E-state index is 12.0. The second kappa shape index (κ2) is 7.70. The highest BCUT2D eigenvalue weighted by Gasteiger charge is 2.64. The van der Waals surface area contributed by atoms with Crippen molar-refractivity contribution in [3.8, 4) is 0 Å². The number of hydrogen-bond acceptors (Lipinski definition) is 6. The first-order valence-electron chi connectivity index (χ1n) is 10.7. The molecule has 1 aliphatic carbocycles. The highest BCUT2D eigenvalue weighted by atomic mass is 16.5. The van der Waals surface area contributed by atoms with E-state index in [1.807, 2.05) is 0 Å². The maximum Gasteiger partial charge on any atom is 0.252 e. The Labute approximate surface area is 185 Å². The van der Waals surface area contributed by atoms with Crippen molar-refractivity contribution >= 4 is 23.4 Å². The van der Waals surface area contributed by atoms with Gasteiger partial charge >= 0.3 is 0 Å². The standard InChI is InChI=1S/C24H35N5O2/c1-15-12-22(2,3)29(13-15)21-16(20(26)30)8-9-19(28-21)27-11-10-18(25)31-14-17-23(4,5)24(17,6)7/h8-12,17,25H,13-14H2,1-7H3,(H2,26,30)(H,27,28)/b11-10-,25-18?. The molecule has 0 bridgehead atoms. The molecule has 0 spiro atoms. The minimum Gasteiger partial charge on any atom is -0.478 e. The summed E-state index contributed by atoms with van der Waals surface area (Å²) in [6.45, 7) is 16.4. The molecule has 4 N–H and O–H groups in total. The molecule has 31 heavy (non-hydrogen) atoms. The summed E-state index contributed by atoms with van der Waals surface area (Å²) >= 11 is 0. The summed E-state index contributed by atoms with van der Waals surface area (Å²) in [5.41, 5.74) is 7.39. The van der Waals surface area contributed by atoms with Crippen LogP contribution >= 0.6 is 0 Å². The molecule has 1 aromatic rings. The number of nitrogens with two attached hydrogens (primary N) is 1. The van der Waals surface area contributed by atoms with Gasteiger partial charge in [-0.15, -0.1) is 0 Å². The predicted molar refractivity (Wildman–Crippen MR) is 125 cm³/mol. The van der Waals surface area contributed by atoms with Crippen LogP contribution in [-0.2, 0) is 4.74 Å². The lowest BCUT2D eigenvalue weighted by atomic mass is 10.0. The Hall–Kier alpha value is -2.83. The number of hydrogen-bond donors (Lipinski definition) is 3. The van der Waals surface area contributed by atoms with Crippen LogP contribution in [0.3, 0.4) is 0 Å². The van der Waals surface area contributed by atoms with Gasteiger partial charge < -0.3 is 20.7 Å². The molecule has 2 aliphatic rings. The number of nitrogens with one attached hydrogen (secondary N) is 2. The van der Waals surface area contributed by atoms with Crippen molar-refractivity contribution < 1.29 is 9.53 Å². The maximum atomic E-state index is 12.0. The molecule has 1 amide bonds. The highest BCUT2D eigenvalue weighted by Crippen LogP contribution is 2.68. The summed E-state index contributed by atoms with van der Waals surface area (Å²) < 4.78 is 5.63. The van der Waals surface area contributed by atoms with Gasteiger partial charge in [-0.3, -0.25) is 10.2 Å².